The predicted octanol–water partition coefficient (Wildman–Crippen LogP) is 3.13. The van der Waals surface area contributed by atoms with E-state index in [4.69, 9.17) is 0 Å². The second-order valence-electron chi connectivity index (χ2n) is 10.4. The maximum atomic E-state index is 15.7. The molecule has 3 aliphatic heterocycles. The van der Waals surface area contributed by atoms with E-state index in [2.05, 4.69) is 39.4 Å². The standard InChI is InChI=1S/C31H29FN4O4/c32-27-22(11-12-23-26(27)31(40)36(30(23)39)24-13-14-25(37)33-29(24)38)19-34-15-17-35(18-16-34)28(20-7-3-1-4-8-20)21-9-5-2-6-10-21/h1-12,24,28H,13-19H2,(H,33,37,38). The van der Waals surface area contributed by atoms with Gasteiger partial charge in [-0.1, -0.05) is 66.7 Å². The van der Waals surface area contributed by atoms with Crippen LogP contribution in [-0.2, 0) is 16.1 Å². The van der Waals surface area contributed by atoms with Gasteiger partial charge in [0.15, 0.2) is 0 Å². The third-order valence-electron chi connectivity index (χ3n) is 8.02. The van der Waals surface area contributed by atoms with Crippen molar-refractivity contribution in [3.8, 4) is 0 Å². The Morgan fingerprint density at radius 3 is 2.02 bits per heavy atom. The Kier molecular flexibility index (Phi) is 7.00. The van der Waals surface area contributed by atoms with Gasteiger partial charge in [0.1, 0.15) is 11.9 Å². The molecule has 3 aromatic rings. The van der Waals surface area contributed by atoms with E-state index >= 15 is 4.39 Å². The topological polar surface area (TPSA) is 90.0 Å². The molecule has 0 radical (unpaired) electrons. The number of amides is 4. The number of fused-ring (bicyclic) bond motifs is 1. The van der Waals surface area contributed by atoms with Crippen LogP contribution in [-0.4, -0.2) is 70.5 Å². The highest BCUT2D eigenvalue weighted by Crippen LogP contribution is 2.32. The Labute approximate surface area is 231 Å². The molecule has 204 valence electrons. The molecule has 0 aliphatic carbocycles. The van der Waals surface area contributed by atoms with E-state index in [-0.39, 0.29) is 30.0 Å². The van der Waals surface area contributed by atoms with Gasteiger partial charge in [0.25, 0.3) is 11.8 Å². The number of rotatable bonds is 6. The predicted molar refractivity (Wildman–Crippen MR) is 145 cm³/mol. The number of carbonyl (C=O) groups is 4. The molecule has 4 amide bonds. The zero-order chi connectivity index (χ0) is 27.8. The molecule has 40 heavy (non-hydrogen) atoms. The highest BCUT2D eigenvalue weighted by molar-refractivity contribution is 6.23. The molecule has 0 spiro atoms. The van der Waals surface area contributed by atoms with E-state index in [0.717, 1.165) is 18.0 Å². The van der Waals surface area contributed by atoms with Crippen LogP contribution in [0.3, 0.4) is 0 Å². The minimum absolute atomic E-state index is 0.0128. The van der Waals surface area contributed by atoms with Crippen molar-refractivity contribution < 1.29 is 23.6 Å². The van der Waals surface area contributed by atoms with Crippen LogP contribution in [0.15, 0.2) is 72.8 Å². The second kappa shape index (κ2) is 10.7. The van der Waals surface area contributed by atoms with Crippen LogP contribution in [0, 0.1) is 5.82 Å². The number of hydrogen-bond acceptors (Lipinski definition) is 6. The lowest BCUT2D eigenvalue weighted by molar-refractivity contribution is -0.136. The second-order valence-corrected chi connectivity index (χ2v) is 10.4. The molecule has 9 heteroatoms. The number of halogens is 1. The monoisotopic (exact) mass is 540 g/mol. The van der Waals surface area contributed by atoms with E-state index in [1.807, 2.05) is 36.4 Å². The van der Waals surface area contributed by atoms with Crippen LogP contribution in [0.1, 0.15) is 56.3 Å². The minimum Gasteiger partial charge on any atom is -0.296 e. The number of piperazine rings is 1. The number of nitrogens with one attached hydrogen (secondary N) is 1. The number of piperidine rings is 1. The molecule has 1 N–H and O–H groups in total. The Bertz CT molecular complexity index is 1430. The van der Waals surface area contributed by atoms with Gasteiger partial charge in [-0.2, -0.15) is 0 Å². The van der Waals surface area contributed by atoms with E-state index in [9.17, 15) is 19.2 Å². The summed E-state index contributed by atoms with van der Waals surface area (Å²) in [5.41, 5.74) is 2.43. The van der Waals surface area contributed by atoms with Gasteiger partial charge < -0.3 is 0 Å². The van der Waals surface area contributed by atoms with Crippen molar-refractivity contribution in [3.05, 3.63) is 106 Å². The SMILES string of the molecule is O=C1CCC(N2C(=O)c3ccc(CN4CCN(C(c5ccccc5)c5ccccc5)CC4)c(F)c3C2=O)C(=O)N1. The Morgan fingerprint density at radius 1 is 0.800 bits per heavy atom. The summed E-state index contributed by atoms with van der Waals surface area (Å²) in [6, 6.07) is 22.8. The molecule has 0 bridgehead atoms. The lowest BCUT2D eigenvalue weighted by atomic mass is 9.96. The summed E-state index contributed by atoms with van der Waals surface area (Å²) in [5, 5.41) is 2.16. The summed E-state index contributed by atoms with van der Waals surface area (Å²) >= 11 is 0. The lowest BCUT2D eigenvalue weighted by Crippen LogP contribution is -2.54. The van der Waals surface area contributed by atoms with Gasteiger partial charge >= 0.3 is 0 Å². The molecule has 3 aliphatic rings. The zero-order valence-electron chi connectivity index (χ0n) is 21.9. The number of hydrogen-bond donors (Lipinski definition) is 1. The number of imide groups is 2. The molecule has 2 fully saturated rings. The van der Waals surface area contributed by atoms with Crippen molar-refractivity contribution in [2.24, 2.45) is 0 Å². The van der Waals surface area contributed by atoms with Crippen molar-refractivity contribution in [2.45, 2.75) is 31.5 Å². The first-order chi connectivity index (χ1) is 19.4. The van der Waals surface area contributed by atoms with Crippen LogP contribution < -0.4 is 5.32 Å². The first-order valence-corrected chi connectivity index (χ1v) is 13.5. The van der Waals surface area contributed by atoms with E-state index in [0.29, 0.717) is 25.2 Å². The van der Waals surface area contributed by atoms with Gasteiger partial charge in [-0.15, -0.1) is 0 Å². The van der Waals surface area contributed by atoms with E-state index in [1.165, 1.54) is 17.2 Å². The van der Waals surface area contributed by atoms with E-state index < -0.39 is 35.5 Å². The molecule has 3 aromatic carbocycles. The Morgan fingerprint density at radius 2 is 1.43 bits per heavy atom. The fraction of sp³-hybridized carbons (Fsp3) is 0.290. The lowest BCUT2D eigenvalue weighted by Gasteiger charge is -2.40. The van der Waals surface area contributed by atoms with E-state index in [1.54, 1.807) is 6.07 Å². The maximum absolute atomic E-state index is 15.7. The fourth-order valence-electron chi connectivity index (χ4n) is 5.99. The molecular formula is C31H29FN4O4. The number of carbonyl (C=O) groups excluding carboxylic acids is 4. The summed E-state index contributed by atoms with van der Waals surface area (Å²) in [4.78, 5) is 55.4. The molecule has 2 saturated heterocycles. The van der Waals surface area contributed by atoms with Gasteiger partial charge in [-0.3, -0.25) is 39.2 Å². The van der Waals surface area contributed by atoms with Crippen molar-refractivity contribution in [1.29, 1.82) is 0 Å². The van der Waals surface area contributed by atoms with Crippen molar-refractivity contribution >= 4 is 23.6 Å². The smallest absolute Gasteiger partial charge is 0.265 e. The third kappa shape index (κ3) is 4.71. The van der Waals surface area contributed by atoms with Gasteiger partial charge in [0.2, 0.25) is 11.8 Å². The molecule has 3 heterocycles. The molecule has 8 nitrogen and oxygen atoms in total. The first kappa shape index (κ1) is 26.0. The summed E-state index contributed by atoms with van der Waals surface area (Å²) in [7, 11) is 0. The zero-order valence-corrected chi connectivity index (χ0v) is 21.9. The van der Waals surface area contributed by atoms with Gasteiger partial charge in [0, 0.05) is 44.7 Å². The summed E-state index contributed by atoms with van der Waals surface area (Å²) < 4.78 is 15.7. The summed E-state index contributed by atoms with van der Waals surface area (Å²) in [6.07, 6.45) is 0.0424. The maximum Gasteiger partial charge on any atom is 0.265 e. The van der Waals surface area contributed by atoms with Crippen molar-refractivity contribution in [2.75, 3.05) is 26.2 Å². The minimum atomic E-state index is -1.12. The van der Waals surface area contributed by atoms with Crippen LogP contribution in [0.5, 0.6) is 0 Å². The molecule has 0 saturated carbocycles. The first-order valence-electron chi connectivity index (χ1n) is 13.5. The molecule has 0 aromatic heterocycles. The van der Waals surface area contributed by atoms with Crippen LogP contribution in [0.2, 0.25) is 0 Å². The Hall–Kier alpha value is -4.21. The number of benzene rings is 3. The van der Waals surface area contributed by atoms with Crippen molar-refractivity contribution in [3.63, 3.8) is 0 Å². The largest absolute Gasteiger partial charge is 0.296 e. The average molecular weight is 541 g/mol. The van der Waals surface area contributed by atoms with Crippen LogP contribution in [0.25, 0.3) is 0 Å². The van der Waals surface area contributed by atoms with Gasteiger partial charge in [-0.25, -0.2) is 4.39 Å². The summed E-state index contributed by atoms with van der Waals surface area (Å²) in [5.74, 6) is -3.42. The quantitative estimate of drug-likeness (QED) is 0.484. The molecular weight excluding hydrogens is 511 g/mol. The van der Waals surface area contributed by atoms with Crippen molar-refractivity contribution in [1.82, 2.24) is 20.0 Å². The Balaban J connectivity index is 1.17. The number of nitrogens with zero attached hydrogens (tertiary/aromatic N) is 3. The third-order valence-corrected chi connectivity index (χ3v) is 8.02. The van der Waals surface area contributed by atoms with Gasteiger partial charge in [0.05, 0.1) is 17.2 Å². The molecule has 1 unspecified atom stereocenters. The highest BCUT2D eigenvalue weighted by Gasteiger charge is 2.46. The normalized spacial score (nSPS) is 20.2. The van der Waals surface area contributed by atoms with Crippen LogP contribution in [0.4, 0.5) is 4.39 Å². The summed E-state index contributed by atoms with van der Waals surface area (Å²) in [6.45, 7) is 3.28. The van der Waals surface area contributed by atoms with Crippen LogP contribution >= 0.6 is 0 Å². The fourth-order valence-corrected chi connectivity index (χ4v) is 5.99. The average Bonchev–Trinajstić information content (AvgIpc) is 3.22. The molecule has 6 rings (SSSR count). The highest BCUT2D eigenvalue weighted by atomic mass is 19.1. The van der Waals surface area contributed by atoms with Gasteiger partial charge in [-0.05, 0) is 23.6 Å². The molecule has 1 atom stereocenters.